The highest BCUT2D eigenvalue weighted by Crippen LogP contribution is 2.25. The average molecular weight is 639 g/mol. The Morgan fingerprint density at radius 2 is 0.978 bits per heavy atom. The van der Waals surface area contributed by atoms with Crippen LogP contribution in [0.25, 0.3) is 0 Å². The molecule has 0 aliphatic heterocycles. The summed E-state index contributed by atoms with van der Waals surface area (Å²) in [7, 11) is 0. The Labute approximate surface area is 283 Å². The van der Waals surface area contributed by atoms with Crippen molar-refractivity contribution in [1.29, 1.82) is 0 Å². The molecule has 0 amide bonds. The molecular weight excluding hydrogens is 568 g/mol. The Balaban J connectivity index is 2.16. The first-order valence-electron chi connectivity index (χ1n) is 19.5. The molecule has 4 nitrogen and oxygen atoms in total. The fourth-order valence-corrected chi connectivity index (χ4v) is 6.01. The number of hydrogen-bond acceptors (Lipinski definition) is 3. The van der Waals surface area contributed by atoms with Crippen molar-refractivity contribution < 1.29 is 19.4 Å². The van der Waals surface area contributed by atoms with E-state index in [-0.39, 0.29) is 17.3 Å². The van der Waals surface area contributed by atoms with E-state index in [9.17, 15) is 14.7 Å². The number of carbonyl (C=O) groups is 2. The van der Waals surface area contributed by atoms with Crippen LogP contribution in [0, 0.1) is 0 Å². The third kappa shape index (κ3) is 23.9. The summed E-state index contributed by atoms with van der Waals surface area (Å²) in [5, 5.41) is 9.89. The van der Waals surface area contributed by atoms with Gasteiger partial charge >= 0.3 is 11.9 Å². The molecule has 1 aromatic rings. The summed E-state index contributed by atoms with van der Waals surface area (Å²) in [6.07, 6.45) is 42.3. The molecule has 1 N–H and O–H groups in total. The van der Waals surface area contributed by atoms with Gasteiger partial charge in [0.2, 0.25) is 0 Å². The van der Waals surface area contributed by atoms with Gasteiger partial charge in [0.25, 0.3) is 0 Å². The zero-order valence-electron chi connectivity index (χ0n) is 30.0. The minimum absolute atomic E-state index is 0.147. The summed E-state index contributed by atoms with van der Waals surface area (Å²) in [5.41, 5.74) is 0.906. The average Bonchev–Trinajstić information content (AvgIpc) is 3.04. The molecule has 0 fully saturated rings. The van der Waals surface area contributed by atoms with Gasteiger partial charge in [-0.25, -0.2) is 4.79 Å². The number of unbranched alkanes of at least 4 members (excludes halogenated alkanes) is 22. The van der Waals surface area contributed by atoms with Crippen molar-refractivity contribution in [2.75, 3.05) is 0 Å². The van der Waals surface area contributed by atoms with E-state index in [1.54, 1.807) is 6.07 Å². The quantitative estimate of drug-likeness (QED) is 0.0369. The Bertz CT molecular complexity index is 932. The van der Waals surface area contributed by atoms with Gasteiger partial charge in [-0.15, -0.1) is 0 Å². The normalized spacial score (nSPS) is 11.6. The van der Waals surface area contributed by atoms with Crippen LogP contribution in [0.15, 0.2) is 42.5 Å². The van der Waals surface area contributed by atoms with E-state index in [2.05, 4.69) is 38.2 Å². The van der Waals surface area contributed by atoms with Gasteiger partial charge in [0.1, 0.15) is 11.3 Å². The molecule has 4 heteroatoms. The van der Waals surface area contributed by atoms with Gasteiger partial charge in [-0.3, -0.25) is 4.79 Å². The van der Waals surface area contributed by atoms with Gasteiger partial charge in [0.05, 0.1) is 0 Å². The number of esters is 1. The molecule has 0 aliphatic carbocycles. The maximum atomic E-state index is 12.5. The summed E-state index contributed by atoms with van der Waals surface area (Å²) in [4.78, 5) is 24.6. The Hall–Kier alpha value is -2.36. The van der Waals surface area contributed by atoms with Crippen LogP contribution in [0.3, 0.4) is 0 Å². The minimum atomic E-state index is -1.02. The summed E-state index contributed by atoms with van der Waals surface area (Å²) < 4.78 is 5.56. The number of hydrogen-bond donors (Lipinski definition) is 1. The molecule has 0 spiro atoms. The zero-order chi connectivity index (χ0) is 33.3. The molecule has 0 saturated heterocycles. The lowest BCUT2D eigenvalue weighted by atomic mass is 9.99. The summed E-state index contributed by atoms with van der Waals surface area (Å²) in [5.74, 6) is -1.17. The molecular formula is C42H70O4. The number of carboxylic acid groups (broad SMARTS) is 1. The standard InChI is InChI=1S/C42H70O4/c1-3-5-7-9-11-13-15-17-18-19-20-22-24-26-28-30-32-37-40(43)46-39-36-33-35-38(41(39)42(44)45)34-31-29-27-25-23-21-16-14-12-10-8-6-4-2/h14,16,20,22,33,35-36H,3-13,15,17-19,21,23-32,34,37H2,1-2H3,(H,44,45)/b16-14-,22-20-. The topological polar surface area (TPSA) is 63.6 Å². The van der Waals surface area contributed by atoms with E-state index in [0.717, 1.165) is 63.4 Å². The Morgan fingerprint density at radius 1 is 0.565 bits per heavy atom. The number of allylic oxidation sites excluding steroid dienone is 4. The number of ether oxygens (including phenoxy) is 1. The Morgan fingerprint density at radius 3 is 1.46 bits per heavy atom. The highest BCUT2D eigenvalue weighted by molar-refractivity contribution is 5.93. The van der Waals surface area contributed by atoms with Crippen molar-refractivity contribution in [3.05, 3.63) is 53.6 Å². The second-order valence-electron chi connectivity index (χ2n) is 13.2. The number of aromatic carboxylic acids is 1. The predicted molar refractivity (Wildman–Crippen MR) is 197 cm³/mol. The largest absolute Gasteiger partial charge is 0.478 e. The number of benzene rings is 1. The molecule has 0 heterocycles. The van der Waals surface area contributed by atoms with E-state index in [4.69, 9.17) is 4.74 Å². The minimum Gasteiger partial charge on any atom is -0.478 e. The summed E-state index contributed by atoms with van der Waals surface area (Å²) >= 11 is 0. The van der Waals surface area contributed by atoms with Gasteiger partial charge in [0, 0.05) is 6.42 Å². The number of aryl methyl sites for hydroxylation is 1. The second kappa shape index (κ2) is 31.3. The first kappa shape index (κ1) is 41.7. The monoisotopic (exact) mass is 639 g/mol. The van der Waals surface area contributed by atoms with E-state index in [1.807, 2.05) is 12.1 Å². The molecule has 0 atom stereocenters. The molecule has 0 bridgehead atoms. The first-order chi connectivity index (χ1) is 22.6. The zero-order valence-corrected chi connectivity index (χ0v) is 30.0. The third-order valence-electron chi connectivity index (χ3n) is 8.90. The lowest BCUT2D eigenvalue weighted by Crippen LogP contribution is -2.12. The van der Waals surface area contributed by atoms with E-state index in [1.165, 1.54) is 109 Å². The molecule has 0 aromatic heterocycles. The first-order valence-corrected chi connectivity index (χ1v) is 19.5. The van der Waals surface area contributed by atoms with Crippen molar-refractivity contribution in [3.63, 3.8) is 0 Å². The van der Waals surface area contributed by atoms with Crippen LogP contribution < -0.4 is 4.74 Å². The molecule has 1 aromatic carbocycles. The van der Waals surface area contributed by atoms with Gasteiger partial charge in [0.15, 0.2) is 0 Å². The summed E-state index contributed by atoms with van der Waals surface area (Å²) in [6.45, 7) is 4.52. The molecule has 0 unspecified atom stereocenters. The molecule has 262 valence electrons. The van der Waals surface area contributed by atoms with Gasteiger partial charge < -0.3 is 9.84 Å². The van der Waals surface area contributed by atoms with Crippen LogP contribution in [0.5, 0.6) is 5.75 Å². The predicted octanol–water partition coefficient (Wildman–Crippen LogP) is 13.5. The number of rotatable bonds is 32. The van der Waals surface area contributed by atoms with Crippen LogP contribution in [-0.4, -0.2) is 17.0 Å². The highest BCUT2D eigenvalue weighted by Gasteiger charge is 2.18. The van der Waals surface area contributed by atoms with Crippen molar-refractivity contribution in [1.82, 2.24) is 0 Å². The van der Waals surface area contributed by atoms with Crippen molar-refractivity contribution in [2.45, 2.75) is 194 Å². The SMILES string of the molecule is CCCCCC/C=C\CCCCCCCc1cccc(OC(=O)CCCCCC/C=C\CCCCCCCCCCC)c1C(=O)O. The van der Waals surface area contributed by atoms with Crippen LogP contribution >= 0.6 is 0 Å². The maximum Gasteiger partial charge on any atom is 0.339 e. The third-order valence-corrected chi connectivity index (χ3v) is 8.90. The number of carboxylic acids is 1. The molecule has 1 rings (SSSR count). The van der Waals surface area contributed by atoms with E-state index < -0.39 is 5.97 Å². The maximum absolute atomic E-state index is 12.5. The van der Waals surface area contributed by atoms with Crippen molar-refractivity contribution >= 4 is 11.9 Å². The van der Waals surface area contributed by atoms with Crippen LogP contribution in [-0.2, 0) is 11.2 Å². The van der Waals surface area contributed by atoms with Crippen molar-refractivity contribution in [3.8, 4) is 5.75 Å². The Kier molecular flexibility index (Phi) is 28.3. The fraction of sp³-hybridized carbons (Fsp3) is 0.714. The second-order valence-corrected chi connectivity index (χ2v) is 13.2. The smallest absolute Gasteiger partial charge is 0.339 e. The molecule has 0 radical (unpaired) electrons. The summed E-state index contributed by atoms with van der Waals surface area (Å²) in [6, 6.07) is 5.28. The van der Waals surface area contributed by atoms with Crippen LogP contribution in [0.4, 0.5) is 0 Å². The molecule has 0 aliphatic rings. The lowest BCUT2D eigenvalue weighted by Gasteiger charge is -2.12. The lowest BCUT2D eigenvalue weighted by molar-refractivity contribution is -0.134. The van der Waals surface area contributed by atoms with Gasteiger partial charge in [-0.2, -0.15) is 0 Å². The van der Waals surface area contributed by atoms with Crippen LogP contribution in [0.1, 0.15) is 203 Å². The molecule has 46 heavy (non-hydrogen) atoms. The van der Waals surface area contributed by atoms with E-state index in [0.29, 0.717) is 12.8 Å². The van der Waals surface area contributed by atoms with Crippen LogP contribution in [0.2, 0.25) is 0 Å². The highest BCUT2D eigenvalue weighted by atomic mass is 16.5. The molecule has 0 saturated carbocycles. The van der Waals surface area contributed by atoms with E-state index >= 15 is 0 Å². The fourth-order valence-electron chi connectivity index (χ4n) is 6.01. The number of carbonyl (C=O) groups excluding carboxylic acids is 1. The van der Waals surface area contributed by atoms with Crippen molar-refractivity contribution in [2.24, 2.45) is 0 Å². The van der Waals surface area contributed by atoms with Gasteiger partial charge in [-0.05, 0) is 82.3 Å². The van der Waals surface area contributed by atoms with Gasteiger partial charge in [-0.1, -0.05) is 153 Å².